The van der Waals surface area contributed by atoms with Gasteiger partial charge in [0.15, 0.2) is 6.10 Å². The number of phosphoric acid groups is 2. The van der Waals surface area contributed by atoms with Gasteiger partial charge in [0.25, 0.3) is 0 Å². The minimum absolute atomic E-state index is 0.0870. The van der Waals surface area contributed by atoms with Crippen LogP contribution in [0.5, 0.6) is 0 Å². The van der Waals surface area contributed by atoms with Crippen LogP contribution >= 0.6 is 15.6 Å². The van der Waals surface area contributed by atoms with Gasteiger partial charge in [-0.25, -0.2) is 9.13 Å². The largest absolute Gasteiger partial charge is 0.472 e. The molecule has 0 amide bonds. The number of hydrogen-bond acceptors (Lipinski definition) is 14. The molecule has 0 saturated heterocycles. The zero-order chi connectivity index (χ0) is 85.1. The van der Waals surface area contributed by atoms with Crippen molar-refractivity contribution in [3.05, 3.63) is 158 Å². The van der Waals surface area contributed by atoms with Crippen molar-refractivity contribution in [2.24, 2.45) is 0 Å². The molecular weight excluding hydrogens is 1510 g/mol. The van der Waals surface area contributed by atoms with E-state index in [2.05, 4.69) is 179 Å². The van der Waals surface area contributed by atoms with E-state index in [-0.39, 0.29) is 19.3 Å². The Bertz CT molecular complexity index is 2760. The molecule has 117 heavy (non-hydrogen) atoms. The third kappa shape index (κ3) is 91.7. The average Bonchev–Trinajstić information content (AvgIpc) is 0.904. The zero-order valence-electron chi connectivity index (χ0n) is 74.1. The van der Waals surface area contributed by atoms with Gasteiger partial charge in [0.05, 0.1) is 26.4 Å². The summed E-state index contributed by atoms with van der Waals surface area (Å²) in [4.78, 5) is 59.0. The number of hydrogen-bond donors (Lipinski definition) is 4. The van der Waals surface area contributed by atoms with Crippen molar-refractivity contribution < 1.29 is 75.8 Å². The standard InChI is InChI=1S/C99H170O16P2/c1-4-7-10-13-16-19-22-25-28-31-34-36-38-40-42-43-44-45-46-47-48-49-51-53-54-56-59-61-64-67-70-73-76-79-82-85-97(102)109-88-94(100)89-111-116(105,106)112-90-95(101)91-113-117(107,108)114-93-96(115-99(104)87-84-81-78-75-72-69-66-63-58-33-30-27-24-21-18-15-12-9-6-3)92-110-98(103)86-83-80-77-74-71-68-65-62-60-57-55-52-50-41-39-37-35-32-29-26-23-20-17-14-11-8-5-2/h7-8,10-11,16-21,25-30,34-37,40-42,50,58,63,94-96,100-101H,4-6,9,12-15,22-24,31-33,38-39,43-49,51-57,59-62,64-93H2,1-3H3,(H,105,106)(H,107,108)/b10-7-,11-8-,19-16-,20-17-,21-18-,28-25-,29-26-,30-27-,36-34-,37-35-,42-40-,50-41-,63-58-. The number of rotatable bonds is 88. The average molecular weight is 1680 g/mol. The van der Waals surface area contributed by atoms with Crippen molar-refractivity contribution in [2.75, 3.05) is 39.6 Å². The summed E-state index contributed by atoms with van der Waals surface area (Å²) in [6, 6.07) is 0. The molecule has 0 aliphatic carbocycles. The summed E-state index contributed by atoms with van der Waals surface area (Å²) in [6.45, 7) is 2.46. The second-order valence-electron chi connectivity index (χ2n) is 31.0. The number of ether oxygens (including phenoxy) is 3. The summed E-state index contributed by atoms with van der Waals surface area (Å²) in [6.07, 6.45) is 116. The van der Waals surface area contributed by atoms with Crippen molar-refractivity contribution >= 4 is 33.6 Å². The summed E-state index contributed by atoms with van der Waals surface area (Å²) < 4.78 is 61.5. The molecule has 4 N–H and O–H groups in total. The lowest BCUT2D eigenvalue weighted by atomic mass is 10.0. The molecule has 0 aromatic heterocycles. The predicted octanol–water partition coefficient (Wildman–Crippen LogP) is 28.9. The molecule has 0 heterocycles. The van der Waals surface area contributed by atoms with E-state index in [1.54, 1.807) is 0 Å². The van der Waals surface area contributed by atoms with Gasteiger partial charge in [-0.1, -0.05) is 384 Å². The lowest BCUT2D eigenvalue weighted by molar-refractivity contribution is -0.161. The first-order valence-electron chi connectivity index (χ1n) is 46.8. The quantitative estimate of drug-likeness (QED) is 0.0146. The summed E-state index contributed by atoms with van der Waals surface area (Å²) in [5.74, 6) is -1.58. The molecule has 0 aliphatic heterocycles. The molecule has 672 valence electrons. The fourth-order valence-corrected chi connectivity index (χ4v) is 14.3. The van der Waals surface area contributed by atoms with Crippen LogP contribution in [0, 0.1) is 0 Å². The molecule has 16 nitrogen and oxygen atoms in total. The number of unbranched alkanes of at least 4 members (excludes halogenated alkanes) is 39. The van der Waals surface area contributed by atoms with E-state index in [0.29, 0.717) is 19.3 Å². The first-order valence-corrected chi connectivity index (χ1v) is 49.8. The van der Waals surface area contributed by atoms with E-state index in [4.69, 9.17) is 32.3 Å². The van der Waals surface area contributed by atoms with E-state index in [1.165, 1.54) is 161 Å². The molecule has 0 spiro atoms. The lowest BCUT2D eigenvalue weighted by Gasteiger charge is -2.21. The van der Waals surface area contributed by atoms with Crippen LogP contribution in [0.25, 0.3) is 0 Å². The molecule has 0 radical (unpaired) electrons. The van der Waals surface area contributed by atoms with Gasteiger partial charge in [0.1, 0.15) is 25.4 Å². The SMILES string of the molecule is CC/C=C\C/C=C\C/C=C\C/C=C\C/C=C\CCCCCCCCCCCCCCCCCCCCCC(=O)OCC(O)COP(=O)(O)OCC(O)COP(=O)(O)OCC(COC(=O)CCCCCCCCCCCCC/C=C\C/C=C\C/C=C\C/C=C\C/C=C\CC)OC(=O)CCCCCCCC/C=C\C/C=C\C/C=C\CCCCC. The Labute approximate surface area is 714 Å². The van der Waals surface area contributed by atoms with Gasteiger partial charge in [-0.15, -0.1) is 0 Å². The fraction of sp³-hybridized carbons (Fsp3) is 0.707. The highest BCUT2D eigenvalue weighted by Crippen LogP contribution is 2.45. The van der Waals surface area contributed by atoms with Gasteiger partial charge < -0.3 is 34.2 Å². The van der Waals surface area contributed by atoms with Crippen LogP contribution in [0.3, 0.4) is 0 Å². The van der Waals surface area contributed by atoms with Crippen molar-refractivity contribution in [3.8, 4) is 0 Å². The third-order valence-electron chi connectivity index (χ3n) is 19.7. The van der Waals surface area contributed by atoms with Gasteiger partial charge in [-0.2, -0.15) is 0 Å². The van der Waals surface area contributed by atoms with Crippen LogP contribution in [0.1, 0.15) is 393 Å². The van der Waals surface area contributed by atoms with Gasteiger partial charge in [-0.05, 0) is 148 Å². The van der Waals surface area contributed by atoms with Gasteiger partial charge in [0, 0.05) is 19.3 Å². The summed E-state index contributed by atoms with van der Waals surface area (Å²) in [5, 5.41) is 20.7. The number of phosphoric ester groups is 2. The van der Waals surface area contributed by atoms with E-state index >= 15 is 0 Å². The molecule has 5 atom stereocenters. The number of aliphatic hydroxyl groups is 2. The Hall–Kier alpha value is -4.83. The summed E-state index contributed by atoms with van der Waals surface area (Å²) in [5.41, 5.74) is 0. The van der Waals surface area contributed by atoms with E-state index in [9.17, 15) is 43.5 Å². The normalized spacial score (nSPS) is 14.5. The summed E-state index contributed by atoms with van der Waals surface area (Å²) >= 11 is 0. The van der Waals surface area contributed by atoms with Crippen LogP contribution in [-0.4, -0.2) is 95.9 Å². The number of allylic oxidation sites excluding steroid dienone is 26. The molecule has 0 aromatic carbocycles. The smallest absolute Gasteiger partial charge is 0.463 e. The molecule has 0 saturated carbocycles. The minimum Gasteiger partial charge on any atom is -0.463 e. The highest BCUT2D eigenvalue weighted by molar-refractivity contribution is 7.47. The van der Waals surface area contributed by atoms with Gasteiger partial charge in [0.2, 0.25) is 0 Å². The molecular formula is C99H170O16P2. The summed E-state index contributed by atoms with van der Waals surface area (Å²) in [7, 11) is -9.81. The molecule has 0 rings (SSSR count). The van der Waals surface area contributed by atoms with Gasteiger partial charge in [-0.3, -0.25) is 32.5 Å². The van der Waals surface area contributed by atoms with Crippen molar-refractivity contribution in [1.82, 2.24) is 0 Å². The molecule has 5 unspecified atom stereocenters. The van der Waals surface area contributed by atoms with Crippen LogP contribution < -0.4 is 0 Å². The Kier molecular flexibility index (Phi) is 86.7. The minimum atomic E-state index is -4.95. The molecule has 0 aliphatic rings. The zero-order valence-corrected chi connectivity index (χ0v) is 75.9. The second kappa shape index (κ2) is 90.4. The number of carbonyl (C=O) groups is 3. The Morgan fingerprint density at radius 2 is 0.453 bits per heavy atom. The lowest BCUT2D eigenvalue weighted by Crippen LogP contribution is -2.30. The van der Waals surface area contributed by atoms with Crippen LogP contribution in [0.15, 0.2) is 158 Å². The Balaban J connectivity index is 4.50. The predicted molar refractivity (Wildman–Crippen MR) is 491 cm³/mol. The molecule has 18 heteroatoms. The molecule has 0 bridgehead atoms. The van der Waals surface area contributed by atoms with E-state index < -0.39 is 91.5 Å². The van der Waals surface area contributed by atoms with Crippen LogP contribution in [0.4, 0.5) is 0 Å². The van der Waals surface area contributed by atoms with Gasteiger partial charge >= 0.3 is 33.6 Å². The second-order valence-corrected chi connectivity index (χ2v) is 34.0. The maximum Gasteiger partial charge on any atom is 0.472 e. The van der Waals surface area contributed by atoms with Crippen LogP contribution in [-0.2, 0) is 55.8 Å². The third-order valence-corrected chi connectivity index (χ3v) is 21.6. The Morgan fingerprint density at radius 3 is 0.718 bits per heavy atom. The monoisotopic (exact) mass is 1680 g/mol. The van der Waals surface area contributed by atoms with E-state index in [1.807, 2.05) is 0 Å². The maximum absolute atomic E-state index is 13.1. The fourth-order valence-electron chi connectivity index (χ4n) is 12.7. The van der Waals surface area contributed by atoms with Crippen molar-refractivity contribution in [3.63, 3.8) is 0 Å². The number of aliphatic hydroxyl groups excluding tert-OH is 2. The molecule has 0 aromatic rings. The highest BCUT2D eigenvalue weighted by Gasteiger charge is 2.29. The first kappa shape index (κ1) is 112. The van der Waals surface area contributed by atoms with Crippen LogP contribution in [0.2, 0.25) is 0 Å². The number of esters is 3. The maximum atomic E-state index is 13.1. The topological polar surface area (TPSA) is 231 Å². The van der Waals surface area contributed by atoms with Crippen molar-refractivity contribution in [1.29, 1.82) is 0 Å². The van der Waals surface area contributed by atoms with E-state index in [0.717, 1.165) is 173 Å². The molecule has 0 fully saturated rings. The van der Waals surface area contributed by atoms with Crippen molar-refractivity contribution in [2.45, 2.75) is 411 Å². The highest BCUT2D eigenvalue weighted by atomic mass is 31.2. The first-order chi connectivity index (χ1) is 57.2. The Morgan fingerprint density at radius 1 is 0.248 bits per heavy atom. The number of carbonyl (C=O) groups excluding carboxylic acids is 3.